The van der Waals surface area contributed by atoms with Crippen LogP contribution in [0.15, 0.2) is 23.8 Å². The molecule has 0 bridgehead atoms. The molecule has 0 radical (unpaired) electrons. The Bertz CT molecular complexity index is 1260. The maximum atomic E-state index is 17.6. The standard InChI is InChI=1S/C40H61FO7/c1-6-7-8-9-10-11-12-13-14-15-16-17-18-19-35(45)46-27-33(44)40-34(47-36(2,3)48-40)25-31-30-21-20-28-24-29(42)22-23-37(28,4)39(30,41)32(43)26-38(31,40)5/h22-24,30-32,34,43H,6-21,25-27H2,1-5H3/t30-,31-,32-,34+,37-,38-,39?,40+/m0/s1. The van der Waals surface area contributed by atoms with E-state index in [1.165, 1.54) is 76.4 Å². The minimum absolute atomic E-state index is 0.0100. The van der Waals surface area contributed by atoms with Crippen LogP contribution >= 0.6 is 0 Å². The molecule has 5 aliphatic rings. The van der Waals surface area contributed by atoms with Gasteiger partial charge in [0.25, 0.3) is 0 Å². The number of ether oxygens (including phenoxy) is 3. The second-order valence-electron chi connectivity index (χ2n) is 16.4. The van der Waals surface area contributed by atoms with Gasteiger partial charge in [0.2, 0.25) is 5.78 Å². The Morgan fingerprint density at radius 2 is 1.54 bits per heavy atom. The molecular formula is C40H61FO7. The molecule has 7 nitrogen and oxygen atoms in total. The van der Waals surface area contributed by atoms with Crippen molar-refractivity contribution < 1.29 is 38.1 Å². The molecule has 5 rings (SSSR count). The molecule has 1 aliphatic heterocycles. The van der Waals surface area contributed by atoms with E-state index in [-0.39, 0.29) is 30.3 Å². The van der Waals surface area contributed by atoms with Gasteiger partial charge in [-0.2, -0.15) is 0 Å². The molecule has 0 amide bonds. The van der Waals surface area contributed by atoms with E-state index in [0.29, 0.717) is 24.8 Å². The Kier molecular flexibility index (Phi) is 11.5. The second kappa shape index (κ2) is 14.8. The molecule has 8 atom stereocenters. The summed E-state index contributed by atoms with van der Waals surface area (Å²) < 4.78 is 36.1. The summed E-state index contributed by atoms with van der Waals surface area (Å²) >= 11 is 0. The van der Waals surface area contributed by atoms with Crippen LogP contribution in [0, 0.1) is 22.7 Å². The quantitative estimate of drug-likeness (QED) is 0.122. The molecule has 4 fully saturated rings. The van der Waals surface area contributed by atoms with E-state index >= 15 is 4.39 Å². The highest BCUT2D eigenvalue weighted by molar-refractivity contribution is 6.01. The van der Waals surface area contributed by atoms with E-state index in [9.17, 15) is 19.5 Å². The van der Waals surface area contributed by atoms with Crippen molar-refractivity contribution in [2.24, 2.45) is 22.7 Å². The summed E-state index contributed by atoms with van der Waals surface area (Å²) in [5.41, 5.74) is -4.85. The van der Waals surface area contributed by atoms with Crippen LogP contribution in [0.4, 0.5) is 4.39 Å². The van der Waals surface area contributed by atoms with E-state index in [1.54, 1.807) is 26.8 Å². The van der Waals surface area contributed by atoms with Crippen LogP contribution in [0.1, 0.15) is 150 Å². The monoisotopic (exact) mass is 672 g/mol. The Morgan fingerprint density at radius 1 is 0.938 bits per heavy atom. The minimum Gasteiger partial charge on any atom is -0.458 e. The fourth-order valence-corrected chi connectivity index (χ4v) is 10.4. The molecule has 270 valence electrons. The third kappa shape index (κ3) is 6.64. The predicted molar refractivity (Wildman–Crippen MR) is 183 cm³/mol. The van der Waals surface area contributed by atoms with E-state index in [1.807, 2.05) is 6.92 Å². The molecule has 0 aromatic heterocycles. The van der Waals surface area contributed by atoms with Crippen molar-refractivity contribution >= 4 is 17.5 Å². The van der Waals surface area contributed by atoms with Gasteiger partial charge in [0.05, 0.1) is 12.2 Å². The molecule has 48 heavy (non-hydrogen) atoms. The third-order valence-electron chi connectivity index (χ3n) is 12.9. The van der Waals surface area contributed by atoms with Crippen molar-refractivity contribution in [3.05, 3.63) is 23.8 Å². The number of carbonyl (C=O) groups excluding carboxylic acids is 3. The molecule has 4 aliphatic carbocycles. The van der Waals surface area contributed by atoms with Crippen LogP contribution in [0.5, 0.6) is 0 Å². The van der Waals surface area contributed by atoms with E-state index in [0.717, 1.165) is 19.3 Å². The van der Waals surface area contributed by atoms with Gasteiger partial charge in [-0.15, -0.1) is 0 Å². The van der Waals surface area contributed by atoms with Gasteiger partial charge in [0, 0.05) is 23.2 Å². The number of allylic oxidation sites excluding steroid dienone is 4. The lowest BCUT2D eigenvalue weighted by Gasteiger charge is -2.62. The van der Waals surface area contributed by atoms with Crippen molar-refractivity contribution in [2.45, 2.75) is 179 Å². The Hall–Kier alpha value is -1.90. The first kappa shape index (κ1) is 37.4. The molecule has 0 aromatic carbocycles. The lowest BCUT2D eigenvalue weighted by atomic mass is 9.44. The zero-order chi connectivity index (χ0) is 34.8. The van der Waals surface area contributed by atoms with E-state index < -0.39 is 58.6 Å². The molecule has 0 aromatic rings. The number of rotatable bonds is 17. The number of fused-ring (bicyclic) bond motifs is 7. The van der Waals surface area contributed by atoms with Crippen LogP contribution in [0.25, 0.3) is 0 Å². The average Bonchev–Trinajstić information content (AvgIpc) is 3.44. The number of aliphatic hydroxyl groups is 1. The Balaban J connectivity index is 1.15. The number of hydrogen-bond acceptors (Lipinski definition) is 7. The lowest BCUT2D eigenvalue weighted by Crippen LogP contribution is -2.70. The molecular weight excluding hydrogens is 611 g/mol. The number of esters is 1. The summed E-state index contributed by atoms with van der Waals surface area (Å²) in [7, 11) is 0. The number of halogens is 1. The van der Waals surface area contributed by atoms with Crippen LogP contribution < -0.4 is 0 Å². The Morgan fingerprint density at radius 3 is 2.17 bits per heavy atom. The maximum Gasteiger partial charge on any atom is 0.306 e. The van der Waals surface area contributed by atoms with Gasteiger partial charge in [-0.1, -0.05) is 103 Å². The zero-order valence-corrected chi connectivity index (χ0v) is 30.3. The largest absolute Gasteiger partial charge is 0.458 e. The van der Waals surface area contributed by atoms with Crippen molar-refractivity contribution in [3.8, 4) is 0 Å². The SMILES string of the molecule is CCCCCCCCCCCCCCCC(=O)OCC(=O)[C@@]12OC(C)(C)O[C@@H]1C[C@H]1[C@@H]3CCC4=CC(=O)C=C[C@]4(C)C3(F)[C@@H](O)C[C@@]12C. The Labute approximate surface area is 287 Å². The van der Waals surface area contributed by atoms with Crippen molar-refractivity contribution in [3.63, 3.8) is 0 Å². The zero-order valence-electron chi connectivity index (χ0n) is 30.3. The first-order valence-corrected chi connectivity index (χ1v) is 19.1. The number of ketones is 2. The number of aliphatic hydroxyl groups excluding tert-OH is 1. The second-order valence-corrected chi connectivity index (χ2v) is 16.4. The normalized spacial score (nSPS) is 37.7. The van der Waals surface area contributed by atoms with Crippen molar-refractivity contribution in [1.82, 2.24) is 0 Å². The molecule has 1 unspecified atom stereocenters. The number of alkyl halides is 1. The van der Waals surface area contributed by atoms with Gasteiger partial charge >= 0.3 is 5.97 Å². The summed E-state index contributed by atoms with van der Waals surface area (Å²) in [5, 5.41) is 11.7. The highest BCUT2D eigenvalue weighted by atomic mass is 19.1. The van der Waals surface area contributed by atoms with Crippen LogP contribution in [-0.2, 0) is 28.6 Å². The van der Waals surface area contributed by atoms with Gasteiger partial charge < -0.3 is 19.3 Å². The average molecular weight is 673 g/mol. The maximum absolute atomic E-state index is 17.6. The molecule has 1 saturated heterocycles. The lowest BCUT2D eigenvalue weighted by molar-refractivity contribution is -0.246. The van der Waals surface area contributed by atoms with E-state index in [2.05, 4.69) is 6.92 Å². The molecule has 1 heterocycles. The summed E-state index contributed by atoms with van der Waals surface area (Å²) in [6, 6.07) is 0. The summed E-state index contributed by atoms with van der Waals surface area (Å²) in [6.07, 6.45) is 20.0. The smallest absolute Gasteiger partial charge is 0.306 e. The third-order valence-corrected chi connectivity index (χ3v) is 12.9. The molecule has 8 heteroatoms. The minimum atomic E-state index is -2.02. The van der Waals surface area contributed by atoms with Crippen LogP contribution in [0.2, 0.25) is 0 Å². The first-order valence-electron chi connectivity index (χ1n) is 19.1. The fourth-order valence-electron chi connectivity index (χ4n) is 10.4. The van der Waals surface area contributed by atoms with Crippen LogP contribution in [-0.4, -0.2) is 58.5 Å². The predicted octanol–water partition coefficient (Wildman–Crippen LogP) is 8.45. The molecule has 1 N–H and O–H groups in total. The van der Waals surface area contributed by atoms with Crippen LogP contribution in [0.3, 0.4) is 0 Å². The summed E-state index contributed by atoms with van der Waals surface area (Å²) in [4.78, 5) is 39.2. The van der Waals surface area contributed by atoms with Crippen molar-refractivity contribution in [2.75, 3.05) is 6.61 Å². The number of unbranched alkanes of at least 4 members (excludes halogenated alkanes) is 12. The summed E-state index contributed by atoms with van der Waals surface area (Å²) in [6.45, 7) is 9.04. The first-order chi connectivity index (χ1) is 22.7. The highest BCUT2D eigenvalue weighted by Crippen LogP contribution is 2.72. The van der Waals surface area contributed by atoms with Gasteiger partial charge in [0.1, 0.15) is 0 Å². The highest BCUT2D eigenvalue weighted by Gasteiger charge is 2.80. The fraction of sp³-hybridized carbons (Fsp3) is 0.825. The molecule has 3 saturated carbocycles. The van der Waals surface area contributed by atoms with Gasteiger partial charge in [-0.25, -0.2) is 4.39 Å². The molecule has 0 spiro atoms. The van der Waals surface area contributed by atoms with Gasteiger partial charge in [-0.05, 0) is 70.9 Å². The topological polar surface area (TPSA) is 99.1 Å². The number of Topliss-reactive ketones (excluding diaryl/α,β-unsaturated/α-hetero) is 1. The van der Waals surface area contributed by atoms with E-state index in [4.69, 9.17) is 14.2 Å². The number of carbonyl (C=O) groups is 3. The van der Waals surface area contributed by atoms with Gasteiger partial charge in [0.15, 0.2) is 29.4 Å². The number of hydrogen-bond donors (Lipinski definition) is 1. The summed E-state index contributed by atoms with van der Waals surface area (Å²) in [5.74, 6) is -2.90. The van der Waals surface area contributed by atoms with Gasteiger partial charge in [-0.3, -0.25) is 14.4 Å². The van der Waals surface area contributed by atoms with Crippen molar-refractivity contribution in [1.29, 1.82) is 0 Å².